The number of piperidine rings is 1. The summed E-state index contributed by atoms with van der Waals surface area (Å²) in [6.45, 7) is 6.72. The van der Waals surface area contributed by atoms with Crippen molar-refractivity contribution in [1.29, 1.82) is 0 Å². The summed E-state index contributed by atoms with van der Waals surface area (Å²) in [4.78, 5) is 2.55. The summed E-state index contributed by atoms with van der Waals surface area (Å²) >= 11 is 0. The zero-order valence-electron chi connectivity index (χ0n) is 14.5. The van der Waals surface area contributed by atoms with Gasteiger partial charge in [-0.15, -0.1) is 0 Å². The quantitative estimate of drug-likeness (QED) is 0.795. The Kier molecular flexibility index (Phi) is 6.33. The summed E-state index contributed by atoms with van der Waals surface area (Å²) in [7, 11) is 0. The normalized spacial score (nSPS) is 16.9. The Morgan fingerprint density at radius 2 is 1.96 bits per heavy atom. The fourth-order valence-electron chi connectivity index (χ4n) is 3.41. The fourth-order valence-corrected chi connectivity index (χ4v) is 3.41. The van der Waals surface area contributed by atoms with Crippen LogP contribution in [0, 0.1) is 0 Å². The van der Waals surface area contributed by atoms with Crippen molar-refractivity contribution in [3.8, 4) is 5.75 Å². The van der Waals surface area contributed by atoms with E-state index in [1.165, 1.54) is 24.8 Å². The molecule has 3 rings (SSSR count). The Labute approximate surface area is 144 Å². The molecule has 0 saturated carbocycles. The highest BCUT2D eigenvalue weighted by atomic mass is 16.5. The first-order valence-corrected chi connectivity index (χ1v) is 9.07. The van der Waals surface area contributed by atoms with Crippen LogP contribution >= 0.6 is 0 Å². The van der Waals surface area contributed by atoms with Gasteiger partial charge in [0.2, 0.25) is 0 Å². The van der Waals surface area contributed by atoms with Gasteiger partial charge < -0.3 is 14.5 Å². The Hall–Kier alpha value is -1.78. The lowest BCUT2D eigenvalue weighted by Gasteiger charge is -2.33. The van der Waals surface area contributed by atoms with Crippen LogP contribution in [0.2, 0.25) is 0 Å². The van der Waals surface area contributed by atoms with Crippen LogP contribution in [-0.4, -0.2) is 31.1 Å². The molecule has 1 atom stereocenters. The molecule has 1 aromatic heterocycles. The van der Waals surface area contributed by atoms with Crippen molar-refractivity contribution in [2.24, 2.45) is 0 Å². The molecule has 130 valence electrons. The highest BCUT2D eigenvalue weighted by Crippen LogP contribution is 2.25. The number of hydrogen-bond acceptors (Lipinski definition) is 4. The number of likely N-dealkylation sites (tertiary alicyclic amines) is 1. The van der Waals surface area contributed by atoms with Crippen LogP contribution < -0.4 is 10.1 Å². The molecule has 1 fully saturated rings. The van der Waals surface area contributed by atoms with Crippen molar-refractivity contribution in [2.75, 3.05) is 26.2 Å². The van der Waals surface area contributed by atoms with Crippen molar-refractivity contribution in [2.45, 2.75) is 38.8 Å². The van der Waals surface area contributed by atoms with Gasteiger partial charge in [-0.1, -0.05) is 24.6 Å². The smallest absolute Gasteiger partial charge is 0.123 e. The Bertz CT molecular complexity index is 591. The van der Waals surface area contributed by atoms with Crippen LogP contribution in [0.3, 0.4) is 0 Å². The predicted octanol–water partition coefficient (Wildman–Crippen LogP) is 4.00. The van der Waals surface area contributed by atoms with E-state index in [-0.39, 0.29) is 0 Å². The molecule has 4 nitrogen and oxygen atoms in total. The van der Waals surface area contributed by atoms with Gasteiger partial charge in [0.25, 0.3) is 0 Å². The van der Waals surface area contributed by atoms with Crippen LogP contribution in [0.5, 0.6) is 5.75 Å². The van der Waals surface area contributed by atoms with Crippen molar-refractivity contribution < 1.29 is 9.15 Å². The lowest BCUT2D eigenvalue weighted by Crippen LogP contribution is -2.38. The third-order valence-electron chi connectivity index (χ3n) is 4.63. The molecule has 0 bridgehead atoms. The van der Waals surface area contributed by atoms with Gasteiger partial charge in [0.15, 0.2) is 0 Å². The van der Waals surface area contributed by atoms with E-state index in [1.54, 1.807) is 6.26 Å². The standard InChI is InChI=1S/C20H28N2O2/c1-2-23-19-10-5-4-9-17(19)15-21-16-18(20-11-8-14-24-20)22-12-6-3-7-13-22/h4-5,8-11,14,18,21H,2-3,6-7,12-13,15-16H2,1H3. The summed E-state index contributed by atoms with van der Waals surface area (Å²) in [5.41, 5.74) is 1.20. The van der Waals surface area contributed by atoms with E-state index in [1.807, 2.05) is 25.1 Å². The molecule has 24 heavy (non-hydrogen) atoms. The Morgan fingerprint density at radius 1 is 1.12 bits per heavy atom. The lowest BCUT2D eigenvalue weighted by molar-refractivity contribution is 0.142. The maximum absolute atomic E-state index is 5.71. The number of nitrogens with one attached hydrogen (secondary N) is 1. The molecule has 0 aliphatic carbocycles. The van der Waals surface area contributed by atoms with Gasteiger partial charge in [-0.05, 0) is 51.1 Å². The van der Waals surface area contributed by atoms with Crippen molar-refractivity contribution in [3.05, 3.63) is 54.0 Å². The van der Waals surface area contributed by atoms with E-state index in [4.69, 9.17) is 9.15 Å². The molecule has 0 radical (unpaired) electrons. The molecule has 1 N–H and O–H groups in total. The third-order valence-corrected chi connectivity index (χ3v) is 4.63. The molecule has 0 amide bonds. The largest absolute Gasteiger partial charge is 0.494 e. The van der Waals surface area contributed by atoms with E-state index in [2.05, 4.69) is 28.4 Å². The van der Waals surface area contributed by atoms with Crippen LogP contribution in [0.4, 0.5) is 0 Å². The molecular formula is C20H28N2O2. The Balaban J connectivity index is 1.61. The molecule has 1 unspecified atom stereocenters. The minimum absolute atomic E-state index is 0.305. The van der Waals surface area contributed by atoms with Gasteiger partial charge in [0.1, 0.15) is 11.5 Å². The van der Waals surface area contributed by atoms with Gasteiger partial charge in [-0.2, -0.15) is 0 Å². The summed E-state index contributed by atoms with van der Waals surface area (Å²) in [6.07, 6.45) is 5.68. The van der Waals surface area contributed by atoms with E-state index >= 15 is 0 Å². The second-order valence-corrected chi connectivity index (χ2v) is 6.30. The topological polar surface area (TPSA) is 37.6 Å². The molecule has 2 aromatic rings. The first kappa shape index (κ1) is 17.1. The minimum atomic E-state index is 0.305. The summed E-state index contributed by atoms with van der Waals surface area (Å²) in [6, 6.07) is 12.6. The molecule has 1 aromatic carbocycles. The number of nitrogens with zero attached hydrogens (tertiary/aromatic N) is 1. The fraction of sp³-hybridized carbons (Fsp3) is 0.500. The zero-order valence-corrected chi connectivity index (χ0v) is 14.5. The molecule has 0 spiro atoms. The number of furan rings is 1. The van der Waals surface area contributed by atoms with E-state index in [9.17, 15) is 0 Å². The first-order chi connectivity index (χ1) is 11.9. The number of ether oxygens (including phenoxy) is 1. The molecular weight excluding hydrogens is 300 g/mol. The van der Waals surface area contributed by atoms with Gasteiger partial charge >= 0.3 is 0 Å². The van der Waals surface area contributed by atoms with E-state index in [0.717, 1.165) is 37.7 Å². The average molecular weight is 328 g/mol. The first-order valence-electron chi connectivity index (χ1n) is 9.07. The van der Waals surface area contributed by atoms with Gasteiger partial charge in [0.05, 0.1) is 18.9 Å². The van der Waals surface area contributed by atoms with Gasteiger partial charge in [-0.25, -0.2) is 0 Å². The summed E-state index contributed by atoms with van der Waals surface area (Å²) in [5, 5.41) is 3.60. The second kappa shape index (κ2) is 8.90. The highest BCUT2D eigenvalue weighted by Gasteiger charge is 2.24. The maximum atomic E-state index is 5.71. The average Bonchev–Trinajstić information content (AvgIpc) is 3.15. The van der Waals surface area contributed by atoms with Crippen LogP contribution in [0.25, 0.3) is 0 Å². The maximum Gasteiger partial charge on any atom is 0.123 e. The number of para-hydroxylation sites is 1. The minimum Gasteiger partial charge on any atom is -0.494 e. The van der Waals surface area contributed by atoms with Crippen LogP contribution in [-0.2, 0) is 6.54 Å². The molecule has 4 heteroatoms. The Morgan fingerprint density at radius 3 is 2.71 bits per heavy atom. The van der Waals surface area contributed by atoms with Crippen LogP contribution in [0.1, 0.15) is 43.6 Å². The van der Waals surface area contributed by atoms with Crippen LogP contribution in [0.15, 0.2) is 47.1 Å². The SMILES string of the molecule is CCOc1ccccc1CNCC(c1ccco1)N1CCCCC1. The predicted molar refractivity (Wildman–Crippen MR) is 96.2 cm³/mol. The molecule has 1 aliphatic heterocycles. The monoisotopic (exact) mass is 328 g/mol. The van der Waals surface area contributed by atoms with Crippen molar-refractivity contribution in [1.82, 2.24) is 10.2 Å². The summed E-state index contributed by atoms with van der Waals surface area (Å²) in [5.74, 6) is 2.03. The van der Waals surface area contributed by atoms with Gasteiger partial charge in [0, 0.05) is 18.7 Å². The number of benzene rings is 1. The lowest BCUT2D eigenvalue weighted by atomic mass is 10.1. The molecule has 1 saturated heterocycles. The second-order valence-electron chi connectivity index (χ2n) is 6.30. The van der Waals surface area contributed by atoms with E-state index in [0.29, 0.717) is 12.6 Å². The highest BCUT2D eigenvalue weighted by molar-refractivity contribution is 5.33. The van der Waals surface area contributed by atoms with Crippen molar-refractivity contribution in [3.63, 3.8) is 0 Å². The number of rotatable bonds is 8. The van der Waals surface area contributed by atoms with E-state index < -0.39 is 0 Å². The summed E-state index contributed by atoms with van der Waals surface area (Å²) < 4.78 is 11.4. The third kappa shape index (κ3) is 4.40. The molecule has 2 heterocycles. The molecule has 1 aliphatic rings. The van der Waals surface area contributed by atoms with Crippen molar-refractivity contribution >= 4 is 0 Å². The number of hydrogen-bond donors (Lipinski definition) is 1. The van der Waals surface area contributed by atoms with Gasteiger partial charge in [-0.3, -0.25) is 4.90 Å². The zero-order chi connectivity index (χ0) is 16.6.